The van der Waals surface area contributed by atoms with Gasteiger partial charge in [-0.1, -0.05) is 17.7 Å². The van der Waals surface area contributed by atoms with Gasteiger partial charge in [0.1, 0.15) is 11.9 Å². The van der Waals surface area contributed by atoms with E-state index in [0.29, 0.717) is 13.0 Å². The summed E-state index contributed by atoms with van der Waals surface area (Å²) in [6.45, 7) is 5.37. The summed E-state index contributed by atoms with van der Waals surface area (Å²) < 4.78 is 11.3. The van der Waals surface area contributed by atoms with E-state index in [2.05, 4.69) is 5.32 Å². The predicted octanol–water partition coefficient (Wildman–Crippen LogP) is 2.84. The van der Waals surface area contributed by atoms with Crippen LogP contribution in [0.25, 0.3) is 0 Å². The number of hydrogen-bond acceptors (Lipinski definition) is 3. The lowest BCUT2D eigenvalue weighted by molar-refractivity contribution is -0.122. The monoisotopic (exact) mass is 291 g/mol. The van der Waals surface area contributed by atoms with Crippen LogP contribution in [0, 0.1) is 6.92 Å². The average Bonchev–Trinajstić information content (AvgIpc) is 2.99. The number of nitrogens with one attached hydrogen (secondary N) is 1. The zero-order valence-electron chi connectivity index (χ0n) is 12.9. The van der Waals surface area contributed by atoms with Crippen LogP contribution in [0.5, 0.6) is 5.75 Å². The molecule has 21 heavy (non-hydrogen) atoms. The highest BCUT2D eigenvalue weighted by Crippen LogP contribution is 2.16. The van der Waals surface area contributed by atoms with E-state index in [4.69, 9.17) is 9.47 Å². The Kier molecular flexibility index (Phi) is 6.05. The van der Waals surface area contributed by atoms with E-state index in [0.717, 1.165) is 31.6 Å². The van der Waals surface area contributed by atoms with Gasteiger partial charge in [-0.2, -0.15) is 0 Å². The summed E-state index contributed by atoms with van der Waals surface area (Å²) in [6.07, 6.45) is 3.78. The van der Waals surface area contributed by atoms with Crippen LogP contribution in [0.1, 0.15) is 38.2 Å². The Labute approximate surface area is 126 Å². The highest BCUT2D eigenvalue weighted by Gasteiger charge is 2.16. The van der Waals surface area contributed by atoms with Crippen LogP contribution in [0.4, 0.5) is 0 Å². The van der Waals surface area contributed by atoms with Crippen molar-refractivity contribution in [3.8, 4) is 5.75 Å². The molecule has 1 fully saturated rings. The first-order chi connectivity index (χ1) is 10.1. The lowest BCUT2D eigenvalue weighted by Crippen LogP contribution is -2.33. The van der Waals surface area contributed by atoms with Crippen molar-refractivity contribution in [3.63, 3.8) is 0 Å². The molecule has 116 valence electrons. The summed E-state index contributed by atoms with van der Waals surface area (Å²) in [5.74, 6) is 0.909. The highest BCUT2D eigenvalue weighted by atomic mass is 16.5. The molecule has 1 aliphatic heterocycles. The third kappa shape index (κ3) is 5.76. The molecule has 0 saturated carbocycles. The fourth-order valence-electron chi connectivity index (χ4n) is 2.40. The largest absolute Gasteiger partial charge is 0.489 e. The standard InChI is InChI=1S/C17H25NO3/c1-13-5-7-16(8-6-13)21-14(2)12-18-17(19)10-9-15-4-3-11-20-15/h5-8,14-15H,3-4,9-12H2,1-2H3,(H,18,19)/t14-,15+/m1/s1. The molecule has 0 aromatic heterocycles. The Morgan fingerprint density at radius 3 is 2.86 bits per heavy atom. The minimum atomic E-state index is -0.0422. The molecule has 0 unspecified atom stereocenters. The summed E-state index contributed by atoms with van der Waals surface area (Å²) in [4.78, 5) is 11.8. The van der Waals surface area contributed by atoms with Gasteiger partial charge in [-0.15, -0.1) is 0 Å². The molecule has 2 rings (SSSR count). The number of hydrogen-bond donors (Lipinski definition) is 1. The summed E-state index contributed by atoms with van der Waals surface area (Å²) in [6, 6.07) is 7.93. The number of rotatable bonds is 7. The second kappa shape index (κ2) is 8.03. The molecular weight excluding hydrogens is 266 g/mol. The van der Waals surface area contributed by atoms with Gasteiger partial charge in [0.15, 0.2) is 0 Å². The van der Waals surface area contributed by atoms with E-state index < -0.39 is 0 Å². The van der Waals surface area contributed by atoms with Gasteiger partial charge < -0.3 is 14.8 Å². The van der Waals surface area contributed by atoms with Crippen LogP contribution in [-0.2, 0) is 9.53 Å². The molecule has 0 spiro atoms. The SMILES string of the molecule is Cc1ccc(O[C@H](C)CNC(=O)CC[C@@H]2CCCO2)cc1. The normalized spacial score (nSPS) is 19.2. The van der Waals surface area contributed by atoms with Crippen LogP contribution in [0.15, 0.2) is 24.3 Å². The molecule has 1 aliphatic rings. The summed E-state index contributed by atoms with van der Waals surface area (Å²) in [7, 11) is 0. The first-order valence-electron chi connectivity index (χ1n) is 7.75. The number of benzene rings is 1. The van der Waals surface area contributed by atoms with Crippen LogP contribution in [0.2, 0.25) is 0 Å². The van der Waals surface area contributed by atoms with Gasteiger partial charge in [-0.25, -0.2) is 0 Å². The Morgan fingerprint density at radius 1 is 1.43 bits per heavy atom. The molecule has 1 saturated heterocycles. The summed E-state index contributed by atoms with van der Waals surface area (Å²) in [5, 5.41) is 2.92. The fraction of sp³-hybridized carbons (Fsp3) is 0.588. The van der Waals surface area contributed by atoms with E-state index in [9.17, 15) is 4.79 Å². The number of amides is 1. The average molecular weight is 291 g/mol. The van der Waals surface area contributed by atoms with E-state index in [1.807, 2.05) is 38.1 Å². The van der Waals surface area contributed by atoms with Crippen molar-refractivity contribution in [1.29, 1.82) is 0 Å². The Bertz CT molecular complexity index is 438. The molecule has 2 atom stereocenters. The molecule has 1 N–H and O–H groups in total. The molecule has 4 heteroatoms. The van der Waals surface area contributed by atoms with Gasteiger partial charge in [-0.3, -0.25) is 4.79 Å². The van der Waals surface area contributed by atoms with Crippen molar-refractivity contribution in [3.05, 3.63) is 29.8 Å². The number of ether oxygens (including phenoxy) is 2. The molecule has 1 aromatic carbocycles. The molecule has 1 aromatic rings. The van der Waals surface area contributed by atoms with E-state index in [-0.39, 0.29) is 18.1 Å². The van der Waals surface area contributed by atoms with Crippen molar-refractivity contribution in [1.82, 2.24) is 5.32 Å². The molecule has 0 radical (unpaired) electrons. The summed E-state index contributed by atoms with van der Waals surface area (Å²) in [5.41, 5.74) is 1.21. The number of carbonyl (C=O) groups excluding carboxylic acids is 1. The molecule has 1 heterocycles. The van der Waals surface area contributed by atoms with Gasteiger partial charge >= 0.3 is 0 Å². The Morgan fingerprint density at radius 2 is 2.19 bits per heavy atom. The molecule has 0 bridgehead atoms. The second-order valence-corrected chi connectivity index (χ2v) is 5.72. The maximum absolute atomic E-state index is 11.8. The second-order valence-electron chi connectivity index (χ2n) is 5.72. The van der Waals surface area contributed by atoms with E-state index in [1.54, 1.807) is 0 Å². The smallest absolute Gasteiger partial charge is 0.220 e. The van der Waals surface area contributed by atoms with Crippen molar-refractivity contribution in [2.45, 2.75) is 51.7 Å². The Hall–Kier alpha value is -1.55. The van der Waals surface area contributed by atoms with Crippen molar-refractivity contribution in [2.75, 3.05) is 13.2 Å². The Balaban J connectivity index is 1.62. The first-order valence-corrected chi connectivity index (χ1v) is 7.75. The van der Waals surface area contributed by atoms with Crippen LogP contribution in [-0.4, -0.2) is 31.3 Å². The zero-order valence-corrected chi connectivity index (χ0v) is 12.9. The number of carbonyl (C=O) groups is 1. The van der Waals surface area contributed by atoms with Gasteiger partial charge in [0, 0.05) is 13.0 Å². The van der Waals surface area contributed by atoms with Gasteiger partial charge in [0.25, 0.3) is 0 Å². The fourth-order valence-corrected chi connectivity index (χ4v) is 2.40. The van der Waals surface area contributed by atoms with Crippen LogP contribution < -0.4 is 10.1 Å². The minimum absolute atomic E-state index is 0.0422. The molecule has 1 amide bonds. The molecule has 4 nitrogen and oxygen atoms in total. The lowest BCUT2D eigenvalue weighted by Gasteiger charge is -2.16. The molecular formula is C17H25NO3. The quantitative estimate of drug-likeness (QED) is 0.840. The van der Waals surface area contributed by atoms with Gasteiger partial charge in [-0.05, 0) is 45.2 Å². The van der Waals surface area contributed by atoms with Gasteiger partial charge in [0.05, 0.1) is 12.6 Å². The predicted molar refractivity (Wildman–Crippen MR) is 82.5 cm³/mol. The van der Waals surface area contributed by atoms with Crippen LogP contribution in [0.3, 0.4) is 0 Å². The van der Waals surface area contributed by atoms with Gasteiger partial charge in [0.2, 0.25) is 5.91 Å². The summed E-state index contributed by atoms with van der Waals surface area (Å²) >= 11 is 0. The van der Waals surface area contributed by atoms with Crippen molar-refractivity contribution >= 4 is 5.91 Å². The highest BCUT2D eigenvalue weighted by molar-refractivity contribution is 5.75. The zero-order chi connectivity index (χ0) is 15.1. The maximum Gasteiger partial charge on any atom is 0.220 e. The lowest BCUT2D eigenvalue weighted by atomic mass is 10.1. The van der Waals surface area contributed by atoms with Crippen molar-refractivity contribution in [2.24, 2.45) is 0 Å². The minimum Gasteiger partial charge on any atom is -0.489 e. The topological polar surface area (TPSA) is 47.6 Å². The third-order valence-corrected chi connectivity index (χ3v) is 3.66. The van der Waals surface area contributed by atoms with Crippen LogP contribution >= 0.6 is 0 Å². The third-order valence-electron chi connectivity index (χ3n) is 3.66. The van der Waals surface area contributed by atoms with E-state index >= 15 is 0 Å². The van der Waals surface area contributed by atoms with E-state index in [1.165, 1.54) is 5.56 Å². The molecule has 0 aliphatic carbocycles. The maximum atomic E-state index is 11.8. The first kappa shape index (κ1) is 15.8. The number of aryl methyl sites for hydroxylation is 1. The van der Waals surface area contributed by atoms with Crippen molar-refractivity contribution < 1.29 is 14.3 Å².